The molecule has 0 spiro atoms. The van der Waals surface area contributed by atoms with Crippen LogP contribution in [0.4, 0.5) is 5.69 Å². The zero-order chi connectivity index (χ0) is 22.7. The highest BCUT2D eigenvalue weighted by Crippen LogP contribution is 2.40. The molecule has 0 aliphatic carbocycles. The van der Waals surface area contributed by atoms with Gasteiger partial charge >= 0.3 is 11.9 Å². The summed E-state index contributed by atoms with van der Waals surface area (Å²) in [5.41, 5.74) is 2.22. The molecule has 1 aromatic heterocycles. The third-order valence-electron chi connectivity index (χ3n) is 4.89. The molecule has 1 atom stereocenters. The molecule has 0 saturated carbocycles. The van der Waals surface area contributed by atoms with Crippen LogP contribution in [0.1, 0.15) is 36.7 Å². The maximum atomic E-state index is 13.1. The molecule has 1 aliphatic rings. The monoisotopic (exact) mass is 428 g/mol. The Morgan fingerprint density at radius 1 is 1.16 bits per heavy atom. The molecule has 162 valence electrons. The maximum Gasteiger partial charge on any atom is 0.337 e. The van der Waals surface area contributed by atoms with Crippen LogP contribution in [0.2, 0.25) is 0 Å². The lowest BCUT2D eigenvalue weighted by Crippen LogP contribution is -2.32. The van der Waals surface area contributed by atoms with Crippen LogP contribution in [0.3, 0.4) is 0 Å². The minimum atomic E-state index is -0.933. The molecular weight excluding hydrogens is 408 g/mol. The zero-order valence-electron chi connectivity index (χ0n) is 17.3. The van der Waals surface area contributed by atoms with Crippen molar-refractivity contribution in [3.63, 3.8) is 0 Å². The highest BCUT2D eigenvalue weighted by Gasteiger charge is 2.38. The van der Waals surface area contributed by atoms with Gasteiger partial charge in [0.05, 0.1) is 29.1 Å². The highest BCUT2D eigenvalue weighted by molar-refractivity contribution is 5.99. The summed E-state index contributed by atoms with van der Waals surface area (Å²) in [6.07, 6.45) is 0. The number of non-ortho nitro benzene ring substituents is 1. The summed E-state index contributed by atoms with van der Waals surface area (Å²) < 4.78 is 14.9. The van der Waals surface area contributed by atoms with Gasteiger partial charge in [-0.15, -0.1) is 0 Å². The smallest absolute Gasteiger partial charge is 0.337 e. The normalized spacial score (nSPS) is 16.1. The Morgan fingerprint density at radius 2 is 1.84 bits per heavy atom. The van der Waals surface area contributed by atoms with E-state index in [0.29, 0.717) is 28.3 Å². The number of carbonyl (C=O) groups is 2. The number of carbonyl (C=O) groups excluding carboxylic acids is 2. The van der Waals surface area contributed by atoms with Crippen LogP contribution in [0.25, 0.3) is 0 Å². The van der Waals surface area contributed by atoms with Crippen molar-refractivity contribution < 1.29 is 28.6 Å². The van der Waals surface area contributed by atoms with Crippen molar-refractivity contribution in [3.8, 4) is 0 Å². The number of aryl methyl sites for hydroxylation is 1. The Hall–Kier alpha value is -4.02. The molecule has 1 aromatic carbocycles. The summed E-state index contributed by atoms with van der Waals surface area (Å²) >= 11 is 0. The SMILES string of the molecule is COC(=O)C1=C(C)NC(C)=C(C(=O)OCc2nonc2C)C1c1cccc([N+](=O)[O-])c1. The van der Waals surface area contributed by atoms with E-state index < -0.39 is 22.8 Å². The van der Waals surface area contributed by atoms with Crippen LogP contribution >= 0.6 is 0 Å². The van der Waals surface area contributed by atoms with E-state index in [9.17, 15) is 19.7 Å². The molecule has 0 fully saturated rings. The van der Waals surface area contributed by atoms with Crippen molar-refractivity contribution in [2.24, 2.45) is 0 Å². The number of hydrogen-bond donors (Lipinski definition) is 1. The lowest BCUT2D eigenvalue weighted by atomic mass is 9.80. The molecule has 2 heterocycles. The van der Waals surface area contributed by atoms with Crippen LogP contribution < -0.4 is 5.32 Å². The number of nitro benzene ring substituents is 1. The van der Waals surface area contributed by atoms with Crippen LogP contribution in [0, 0.1) is 17.0 Å². The van der Waals surface area contributed by atoms with Gasteiger partial charge in [0, 0.05) is 23.5 Å². The third kappa shape index (κ3) is 4.29. The minimum absolute atomic E-state index is 0.126. The number of dihydropyridines is 1. The molecular formula is C20H20N4O7. The number of nitrogens with zero attached hydrogens (tertiary/aromatic N) is 3. The molecule has 0 amide bonds. The number of benzene rings is 1. The second kappa shape index (κ2) is 8.78. The molecule has 11 heteroatoms. The molecule has 1 N–H and O–H groups in total. The largest absolute Gasteiger partial charge is 0.466 e. The summed E-state index contributed by atoms with van der Waals surface area (Å²) in [6.45, 7) is 4.77. The number of hydrogen-bond acceptors (Lipinski definition) is 10. The molecule has 3 rings (SSSR count). The van der Waals surface area contributed by atoms with Gasteiger partial charge in [0.2, 0.25) is 0 Å². The van der Waals surface area contributed by atoms with Gasteiger partial charge in [-0.25, -0.2) is 14.2 Å². The van der Waals surface area contributed by atoms with E-state index >= 15 is 0 Å². The number of aromatic nitrogens is 2. The van der Waals surface area contributed by atoms with Crippen molar-refractivity contribution in [3.05, 3.63) is 73.9 Å². The van der Waals surface area contributed by atoms with Crippen LogP contribution in [-0.4, -0.2) is 34.3 Å². The lowest BCUT2D eigenvalue weighted by Gasteiger charge is -2.30. The van der Waals surface area contributed by atoms with Crippen molar-refractivity contribution in [1.82, 2.24) is 15.6 Å². The van der Waals surface area contributed by atoms with Crippen molar-refractivity contribution in [2.75, 3.05) is 7.11 Å². The standard InChI is InChI=1S/C20H20N4O7/c1-10-15(23-31-22-10)9-30-20(26)17-12(3)21-11(2)16(19(25)29-4)18(17)13-6-5-7-14(8-13)24(27)28/h5-8,18,21H,9H2,1-4H3. The van der Waals surface area contributed by atoms with Gasteiger partial charge in [-0.3, -0.25) is 10.1 Å². The average Bonchev–Trinajstić information content (AvgIpc) is 3.15. The van der Waals surface area contributed by atoms with Crippen molar-refractivity contribution in [2.45, 2.75) is 33.3 Å². The van der Waals surface area contributed by atoms with Crippen molar-refractivity contribution in [1.29, 1.82) is 0 Å². The first-order chi connectivity index (χ1) is 14.7. The first kappa shape index (κ1) is 21.7. The number of esters is 2. The van der Waals surface area contributed by atoms with E-state index in [1.54, 1.807) is 26.8 Å². The predicted molar refractivity (Wildman–Crippen MR) is 105 cm³/mol. The van der Waals surface area contributed by atoms with E-state index in [4.69, 9.17) is 9.47 Å². The second-order valence-corrected chi connectivity index (χ2v) is 6.85. The van der Waals surface area contributed by atoms with Gasteiger partial charge < -0.3 is 14.8 Å². The number of allylic oxidation sites excluding steroid dienone is 2. The minimum Gasteiger partial charge on any atom is -0.466 e. The average molecular weight is 428 g/mol. The quantitative estimate of drug-likeness (QED) is 0.413. The Labute approximate surface area is 176 Å². The van der Waals surface area contributed by atoms with Gasteiger partial charge in [-0.1, -0.05) is 22.4 Å². The van der Waals surface area contributed by atoms with Crippen LogP contribution in [-0.2, 0) is 25.7 Å². The maximum absolute atomic E-state index is 13.1. The van der Waals surface area contributed by atoms with E-state index in [2.05, 4.69) is 20.3 Å². The van der Waals surface area contributed by atoms with Gasteiger partial charge in [0.1, 0.15) is 18.0 Å². The molecule has 2 aromatic rings. The fourth-order valence-corrected chi connectivity index (χ4v) is 3.39. The molecule has 1 aliphatic heterocycles. The first-order valence-corrected chi connectivity index (χ1v) is 9.21. The van der Waals surface area contributed by atoms with Crippen LogP contribution in [0.5, 0.6) is 0 Å². The van der Waals surface area contributed by atoms with E-state index in [-0.39, 0.29) is 23.4 Å². The summed E-state index contributed by atoms with van der Waals surface area (Å²) in [7, 11) is 1.22. The number of nitro groups is 1. The van der Waals surface area contributed by atoms with E-state index in [1.807, 2.05) is 0 Å². The predicted octanol–water partition coefficient (Wildman–Crippen LogP) is 2.44. The summed E-state index contributed by atoms with van der Waals surface area (Å²) in [5.74, 6) is -2.33. The van der Waals surface area contributed by atoms with E-state index in [1.165, 1.54) is 25.3 Å². The Kier molecular flexibility index (Phi) is 6.14. The van der Waals surface area contributed by atoms with Gasteiger partial charge in [-0.05, 0) is 26.3 Å². The number of nitrogens with one attached hydrogen (secondary N) is 1. The lowest BCUT2D eigenvalue weighted by molar-refractivity contribution is -0.384. The van der Waals surface area contributed by atoms with Crippen LogP contribution in [0.15, 0.2) is 51.4 Å². The molecule has 1 unspecified atom stereocenters. The van der Waals surface area contributed by atoms with Gasteiger partial charge in [0.15, 0.2) is 0 Å². The third-order valence-corrected chi connectivity index (χ3v) is 4.89. The zero-order valence-corrected chi connectivity index (χ0v) is 17.3. The van der Waals surface area contributed by atoms with Crippen molar-refractivity contribution >= 4 is 17.6 Å². The molecule has 0 saturated heterocycles. The Morgan fingerprint density at radius 3 is 2.42 bits per heavy atom. The Balaban J connectivity index is 2.06. The molecule has 0 radical (unpaired) electrons. The summed E-state index contributed by atoms with van der Waals surface area (Å²) in [6, 6.07) is 5.74. The topological polar surface area (TPSA) is 147 Å². The second-order valence-electron chi connectivity index (χ2n) is 6.85. The number of ether oxygens (including phenoxy) is 2. The summed E-state index contributed by atoms with van der Waals surface area (Å²) in [4.78, 5) is 36.4. The molecule has 0 bridgehead atoms. The van der Waals surface area contributed by atoms with E-state index in [0.717, 1.165) is 0 Å². The number of methoxy groups -OCH3 is 1. The van der Waals surface area contributed by atoms with Gasteiger partial charge in [0.25, 0.3) is 5.69 Å². The summed E-state index contributed by atoms with van der Waals surface area (Å²) in [5, 5.41) is 21.6. The Bertz CT molecular complexity index is 1120. The highest BCUT2D eigenvalue weighted by atomic mass is 16.6. The molecule has 11 nitrogen and oxygen atoms in total. The fraction of sp³-hybridized carbons (Fsp3) is 0.300. The van der Waals surface area contributed by atoms with Gasteiger partial charge in [-0.2, -0.15) is 0 Å². The molecule has 31 heavy (non-hydrogen) atoms. The number of rotatable bonds is 6. The fourth-order valence-electron chi connectivity index (χ4n) is 3.39. The first-order valence-electron chi connectivity index (χ1n) is 9.21.